The average molecular weight is 381 g/mol. The van der Waals surface area contributed by atoms with E-state index in [0.29, 0.717) is 16.9 Å². The number of nitrogens with one attached hydrogen (secondary N) is 1. The lowest BCUT2D eigenvalue weighted by Gasteiger charge is -2.02. The predicted octanol–water partition coefficient (Wildman–Crippen LogP) is 2.98. The monoisotopic (exact) mass is 381 g/mol. The Bertz CT molecular complexity index is 1260. The zero-order valence-electron chi connectivity index (χ0n) is 14.2. The fourth-order valence-electron chi connectivity index (χ4n) is 2.99. The second kappa shape index (κ2) is 6.19. The Morgan fingerprint density at radius 2 is 1.81 bits per heavy atom. The third-order valence-corrected chi connectivity index (χ3v) is 5.24. The number of H-pyrrole nitrogens is 1. The van der Waals surface area contributed by atoms with Crippen LogP contribution in [0.5, 0.6) is 0 Å². The van der Waals surface area contributed by atoms with Gasteiger partial charge < -0.3 is 0 Å². The number of para-hydroxylation sites is 1. The summed E-state index contributed by atoms with van der Waals surface area (Å²) < 4.78 is 32.7. The van der Waals surface area contributed by atoms with Gasteiger partial charge in [0.2, 0.25) is 0 Å². The lowest BCUT2D eigenvalue weighted by molar-refractivity contribution is 0.483. The first-order chi connectivity index (χ1) is 12.8. The van der Waals surface area contributed by atoms with E-state index in [2.05, 4.69) is 10.1 Å². The Kier molecular flexibility index (Phi) is 3.94. The lowest BCUT2D eigenvalue weighted by atomic mass is 10.0. The number of hydrogen-bond donors (Lipinski definition) is 2. The molecule has 0 unspecified atom stereocenters. The first-order valence-corrected chi connectivity index (χ1v) is 9.53. The molecule has 0 atom stereocenters. The minimum absolute atomic E-state index is 0.233. The van der Waals surface area contributed by atoms with E-state index in [0.717, 1.165) is 16.8 Å². The second-order valence-corrected chi connectivity index (χ2v) is 7.56. The van der Waals surface area contributed by atoms with Crippen molar-refractivity contribution in [1.82, 2.24) is 9.78 Å². The van der Waals surface area contributed by atoms with E-state index in [1.54, 1.807) is 19.2 Å². The van der Waals surface area contributed by atoms with Gasteiger partial charge in [-0.25, -0.2) is 4.68 Å². The van der Waals surface area contributed by atoms with Crippen LogP contribution in [0.3, 0.4) is 0 Å². The first kappa shape index (κ1) is 17.2. The number of allylic oxidation sites excluding steroid dienone is 1. The molecule has 1 aromatic heterocycles. The summed E-state index contributed by atoms with van der Waals surface area (Å²) in [4.78, 5) is 17.0. The minimum Gasteiger partial charge on any atom is -0.295 e. The van der Waals surface area contributed by atoms with Crippen LogP contribution < -0.4 is 5.56 Å². The van der Waals surface area contributed by atoms with Gasteiger partial charge >= 0.3 is 0 Å². The van der Waals surface area contributed by atoms with Gasteiger partial charge in [-0.15, -0.1) is 0 Å². The molecule has 0 spiro atoms. The third kappa shape index (κ3) is 3.05. The highest BCUT2D eigenvalue weighted by molar-refractivity contribution is 7.85. The molecule has 1 aliphatic rings. The number of aliphatic imine (C=N–C) groups is 1. The second-order valence-electron chi connectivity index (χ2n) is 6.14. The van der Waals surface area contributed by atoms with Crippen LogP contribution in [-0.2, 0) is 10.1 Å². The summed E-state index contributed by atoms with van der Waals surface area (Å²) in [5.41, 5.74) is 4.02. The molecule has 2 aromatic carbocycles. The van der Waals surface area contributed by atoms with Crippen molar-refractivity contribution in [2.45, 2.75) is 11.8 Å². The van der Waals surface area contributed by atoms with E-state index in [1.165, 1.54) is 28.9 Å². The molecule has 136 valence electrons. The highest BCUT2D eigenvalue weighted by Gasteiger charge is 2.16. The van der Waals surface area contributed by atoms with Gasteiger partial charge in [-0.05, 0) is 43.3 Å². The average Bonchev–Trinajstić information content (AvgIpc) is 3.17. The van der Waals surface area contributed by atoms with Crippen LogP contribution in [0.4, 0.5) is 5.69 Å². The zero-order chi connectivity index (χ0) is 19.2. The Morgan fingerprint density at radius 3 is 2.52 bits per heavy atom. The van der Waals surface area contributed by atoms with E-state index >= 15 is 0 Å². The quantitative estimate of drug-likeness (QED) is 0.681. The van der Waals surface area contributed by atoms with Gasteiger partial charge in [0.15, 0.2) is 0 Å². The van der Waals surface area contributed by atoms with Gasteiger partial charge in [-0.2, -0.15) is 8.42 Å². The molecule has 0 amide bonds. The van der Waals surface area contributed by atoms with Gasteiger partial charge in [0.25, 0.3) is 15.7 Å². The van der Waals surface area contributed by atoms with Crippen molar-refractivity contribution < 1.29 is 13.0 Å². The van der Waals surface area contributed by atoms with Crippen molar-refractivity contribution in [1.29, 1.82) is 0 Å². The minimum atomic E-state index is -4.28. The Morgan fingerprint density at radius 1 is 1.11 bits per heavy atom. The van der Waals surface area contributed by atoms with E-state index in [4.69, 9.17) is 4.55 Å². The van der Waals surface area contributed by atoms with Gasteiger partial charge in [0.05, 0.1) is 21.8 Å². The normalized spacial score (nSPS) is 14.7. The molecule has 2 N–H and O–H groups in total. The Balaban J connectivity index is 1.77. The van der Waals surface area contributed by atoms with Gasteiger partial charge in [-0.3, -0.25) is 19.4 Å². The van der Waals surface area contributed by atoms with Crippen molar-refractivity contribution in [2.24, 2.45) is 4.99 Å². The fraction of sp³-hybridized carbons (Fsp3) is 0.0526. The molecule has 3 aromatic rings. The molecule has 4 rings (SSSR count). The van der Waals surface area contributed by atoms with Crippen molar-refractivity contribution in [3.63, 3.8) is 0 Å². The Labute approximate surface area is 155 Å². The maximum absolute atomic E-state index is 12.8. The van der Waals surface area contributed by atoms with Crippen molar-refractivity contribution in [2.75, 3.05) is 0 Å². The van der Waals surface area contributed by atoms with Crippen molar-refractivity contribution in [3.05, 3.63) is 75.7 Å². The van der Waals surface area contributed by atoms with Gasteiger partial charge in [0, 0.05) is 23.0 Å². The molecule has 0 saturated carbocycles. The predicted molar refractivity (Wildman–Crippen MR) is 103 cm³/mol. The number of rotatable bonds is 3. The molecule has 27 heavy (non-hydrogen) atoms. The fourth-order valence-corrected chi connectivity index (χ4v) is 3.47. The standard InChI is InChI=1S/C19H15N3O4S/c1-12-17(10-13-11-20-18-5-3-2-4-16(13)18)19(23)22(21-12)14-6-8-15(9-7-14)27(24,25)26/h2-11,21H,1H3,(H,24,25,26)/b13-10-. The Hall–Kier alpha value is -3.23. The van der Waals surface area contributed by atoms with Crippen LogP contribution in [0.2, 0.25) is 0 Å². The van der Waals surface area contributed by atoms with E-state index in [9.17, 15) is 13.2 Å². The number of fused-ring (bicyclic) bond motifs is 1. The summed E-state index contributed by atoms with van der Waals surface area (Å²) in [6.45, 7) is 1.79. The van der Waals surface area contributed by atoms with Crippen LogP contribution >= 0.6 is 0 Å². The zero-order valence-corrected chi connectivity index (χ0v) is 15.1. The molecule has 0 fully saturated rings. The number of aromatic nitrogens is 2. The highest BCUT2D eigenvalue weighted by atomic mass is 32.2. The van der Waals surface area contributed by atoms with Crippen LogP contribution in [0, 0.1) is 6.92 Å². The first-order valence-electron chi connectivity index (χ1n) is 8.09. The molecule has 0 aliphatic carbocycles. The third-order valence-electron chi connectivity index (χ3n) is 4.37. The summed E-state index contributed by atoms with van der Waals surface area (Å²) in [6.07, 6.45) is 3.51. The summed E-state index contributed by atoms with van der Waals surface area (Å²) in [6, 6.07) is 13.1. The number of aromatic amines is 1. The largest absolute Gasteiger partial charge is 0.295 e. The number of aryl methyl sites for hydroxylation is 1. The molecule has 1 aliphatic heterocycles. The lowest BCUT2D eigenvalue weighted by Crippen LogP contribution is -2.16. The molecule has 0 radical (unpaired) electrons. The molecule has 0 saturated heterocycles. The van der Waals surface area contributed by atoms with Crippen molar-refractivity contribution in [3.8, 4) is 5.69 Å². The van der Waals surface area contributed by atoms with E-state index in [-0.39, 0.29) is 10.5 Å². The highest BCUT2D eigenvalue weighted by Crippen LogP contribution is 2.32. The number of hydrogen-bond acceptors (Lipinski definition) is 4. The van der Waals surface area contributed by atoms with Gasteiger partial charge in [0.1, 0.15) is 0 Å². The van der Waals surface area contributed by atoms with Crippen LogP contribution in [0.15, 0.2) is 63.2 Å². The van der Waals surface area contributed by atoms with Crippen LogP contribution in [0.25, 0.3) is 17.3 Å². The van der Waals surface area contributed by atoms with Gasteiger partial charge in [-0.1, -0.05) is 18.2 Å². The molecular weight excluding hydrogens is 366 g/mol. The number of nitrogens with zero attached hydrogens (tertiary/aromatic N) is 2. The topological polar surface area (TPSA) is 105 Å². The van der Waals surface area contributed by atoms with Crippen LogP contribution in [0.1, 0.15) is 16.8 Å². The van der Waals surface area contributed by atoms with Crippen molar-refractivity contribution >= 4 is 33.7 Å². The molecule has 2 heterocycles. The summed E-state index contributed by atoms with van der Waals surface area (Å²) in [7, 11) is -4.28. The molecule has 0 bridgehead atoms. The maximum atomic E-state index is 12.8. The maximum Gasteiger partial charge on any atom is 0.294 e. The smallest absolute Gasteiger partial charge is 0.294 e. The van der Waals surface area contributed by atoms with Crippen LogP contribution in [-0.4, -0.2) is 29.0 Å². The SMILES string of the molecule is Cc1[nH]n(-c2ccc(S(=O)(=O)O)cc2)c(=O)c1/C=C1/C=Nc2ccccc21. The summed E-state index contributed by atoms with van der Waals surface area (Å²) in [5, 5.41) is 2.99. The molecule has 8 heteroatoms. The summed E-state index contributed by atoms with van der Waals surface area (Å²) in [5.74, 6) is 0. The number of benzene rings is 2. The molecular formula is C19H15N3O4S. The van der Waals surface area contributed by atoms with E-state index in [1.807, 2.05) is 24.3 Å². The summed E-state index contributed by atoms with van der Waals surface area (Å²) >= 11 is 0. The van der Waals surface area contributed by atoms with E-state index < -0.39 is 10.1 Å². The molecule has 7 nitrogen and oxygen atoms in total.